The van der Waals surface area contributed by atoms with Gasteiger partial charge in [-0.3, -0.25) is 9.89 Å². The molecular formula is C12H23N5O3. The number of nitrogens with two attached hydrogens (primary N) is 1. The van der Waals surface area contributed by atoms with Crippen LogP contribution in [0.5, 0.6) is 0 Å². The van der Waals surface area contributed by atoms with Gasteiger partial charge in [0.1, 0.15) is 6.61 Å². The lowest BCUT2D eigenvalue weighted by Gasteiger charge is -2.11. The Kier molecular flexibility index (Phi) is 8.52. The Hall–Kier alpha value is -1.51. The molecule has 0 aliphatic rings. The molecule has 0 aliphatic heterocycles. The number of H-pyrrole nitrogens is 1. The van der Waals surface area contributed by atoms with Crippen LogP contribution in [0.2, 0.25) is 0 Å². The Bertz CT molecular complexity index is 358. The quantitative estimate of drug-likeness (QED) is 0.460. The van der Waals surface area contributed by atoms with Crippen molar-refractivity contribution < 1.29 is 14.3 Å². The van der Waals surface area contributed by atoms with Crippen molar-refractivity contribution in [2.75, 3.05) is 33.5 Å². The van der Waals surface area contributed by atoms with E-state index in [2.05, 4.69) is 20.7 Å². The highest BCUT2D eigenvalue weighted by Gasteiger charge is 2.04. The molecular weight excluding hydrogens is 262 g/mol. The van der Waals surface area contributed by atoms with Crippen LogP contribution in [0.15, 0.2) is 6.20 Å². The van der Waals surface area contributed by atoms with Crippen LogP contribution in [-0.4, -0.2) is 60.8 Å². The van der Waals surface area contributed by atoms with Crippen LogP contribution < -0.4 is 11.1 Å². The normalized spacial score (nSPS) is 12.3. The lowest BCUT2D eigenvalue weighted by atomic mass is 10.2. The third-order valence-corrected chi connectivity index (χ3v) is 2.75. The number of aromatic nitrogens is 3. The number of ether oxygens (including phenoxy) is 2. The molecule has 0 aromatic carbocycles. The second-order valence-corrected chi connectivity index (χ2v) is 4.39. The second-order valence-electron chi connectivity index (χ2n) is 4.39. The van der Waals surface area contributed by atoms with Crippen molar-refractivity contribution >= 4 is 5.91 Å². The van der Waals surface area contributed by atoms with E-state index in [-0.39, 0.29) is 18.6 Å². The van der Waals surface area contributed by atoms with E-state index in [1.807, 2.05) is 0 Å². The number of nitrogens with one attached hydrogen (secondary N) is 2. The summed E-state index contributed by atoms with van der Waals surface area (Å²) in [5, 5.41) is 12.6. The molecule has 114 valence electrons. The van der Waals surface area contributed by atoms with Crippen LogP contribution in [-0.2, 0) is 20.7 Å². The zero-order chi connectivity index (χ0) is 14.6. The molecule has 4 N–H and O–H groups in total. The molecule has 0 spiro atoms. The van der Waals surface area contributed by atoms with E-state index >= 15 is 0 Å². The van der Waals surface area contributed by atoms with Gasteiger partial charge in [-0.25, -0.2) is 0 Å². The molecule has 1 heterocycles. The van der Waals surface area contributed by atoms with E-state index in [1.54, 1.807) is 13.2 Å². The standard InChI is InChI=1S/C12H23N5O3/c1-14-12(18)9-20-6-3-10(13)2-5-19-7-4-11-8-15-17-16-11/h8,10H,2-7,9,13H2,1H3,(H,14,18)(H,15,16,17). The number of amides is 1. The minimum atomic E-state index is -0.130. The van der Waals surface area contributed by atoms with Gasteiger partial charge in [-0.15, -0.1) is 5.10 Å². The van der Waals surface area contributed by atoms with Gasteiger partial charge in [0.15, 0.2) is 0 Å². The third kappa shape index (κ3) is 7.82. The van der Waals surface area contributed by atoms with Crippen LogP contribution in [0, 0.1) is 0 Å². The van der Waals surface area contributed by atoms with Gasteiger partial charge in [0.05, 0.1) is 12.3 Å². The Morgan fingerprint density at radius 1 is 1.40 bits per heavy atom. The first-order chi connectivity index (χ1) is 9.72. The summed E-state index contributed by atoms with van der Waals surface area (Å²) in [6, 6.07) is 0.0201. The van der Waals surface area contributed by atoms with Crippen LogP contribution in [0.25, 0.3) is 0 Å². The summed E-state index contributed by atoms with van der Waals surface area (Å²) < 4.78 is 10.7. The zero-order valence-electron chi connectivity index (χ0n) is 11.8. The van der Waals surface area contributed by atoms with E-state index in [9.17, 15) is 4.79 Å². The number of nitrogens with zero attached hydrogens (tertiary/aromatic N) is 2. The highest BCUT2D eigenvalue weighted by Crippen LogP contribution is 1.98. The van der Waals surface area contributed by atoms with Crippen LogP contribution in [0.1, 0.15) is 18.5 Å². The van der Waals surface area contributed by atoms with Crippen molar-refractivity contribution in [2.45, 2.75) is 25.3 Å². The minimum Gasteiger partial charge on any atom is -0.381 e. The molecule has 1 aromatic rings. The SMILES string of the molecule is CNC(=O)COCCC(N)CCOCCc1c[nH]nn1. The fourth-order valence-corrected chi connectivity index (χ4v) is 1.48. The number of carbonyl (C=O) groups is 1. The predicted octanol–water partition coefficient (Wildman–Crippen LogP) is -0.766. The van der Waals surface area contributed by atoms with E-state index in [4.69, 9.17) is 15.2 Å². The number of hydrogen-bond acceptors (Lipinski definition) is 6. The van der Waals surface area contributed by atoms with Gasteiger partial charge in [-0.1, -0.05) is 5.21 Å². The van der Waals surface area contributed by atoms with E-state index in [0.29, 0.717) is 26.2 Å². The van der Waals surface area contributed by atoms with Crippen molar-refractivity contribution in [3.63, 3.8) is 0 Å². The summed E-state index contributed by atoms with van der Waals surface area (Å²) in [7, 11) is 1.58. The summed E-state index contributed by atoms with van der Waals surface area (Å²) in [5.74, 6) is -0.130. The number of aromatic amines is 1. The lowest BCUT2D eigenvalue weighted by Crippen LogP contribution is -2.27. The number of hydrogen-bond donors (Lipinski definition) is 3. The maximum Gasteiger partial charge on any atom is 0.245 e. The summed E-state index contributed by atoms with van der Waals surface area (Å²) in [4.78, 5) is 10.9. The molecule has 1 rings (SSSR count). The first-order valence-electron chi connectivity index (χ1n) is 6.69. The van der Waals surface area contributed by atoms with Crippen LogP contribution >= 0.6 is 0 Å². The molecule has 8 heteroatoms. The van der Waals surface area contributed by atoms with E-state index in [1.165, 1.54) is 0 Å². The van der Waals surface area contributed by atoms with Gasteiger partial charge in [0, 0.05) is 38.9 Å². The fourth-order valence-electron chi connectivity index (χ4n) is 1.48. The highest BCUT2D eigenvalue weighted by molar-refractivity contribution is 5.76. The molecule has 20 heavy (non-hydrogen) atoms. The Morgan fingerprint density at radius 3 is 2.80 bits per heavy atom. The molecule has 1 unspecified atom stereocenters. The van der Waals surface area contributed by atoms with Crippen molar-refractivity contribution in [3.05, 3.63) is 11.9 Å². The first kappa shape index (κ1) is 16.5. The number of carbonyl (C=O) groups excluding carboxylic acids is 1. The number of likely N-dealkylation sites (N-methyl/N-ethyl adjacent to an activating group) is 1. The molecule has 0 saturated heterocycles. The molecule has 0 aliphatic carbocycles. The van der Waals surface area contributed by atoms with Gasteiger partial charge in [-0.05, 0) is 12.8 Å². The predicted molar refractivity (Wildman–Crippen MR) is 73.0 cm³/mol. The Balaban J connectivity index is 1.89. The van der Waals surface area contributed by atoms with Gasteiger partial charge in [-0.2, -0.15) is 0 Å². The average molecular weight is 285 g/mol. The van der Waals surface area contributed by atoms with Gasteiger partial charge < -0.3 is 20.5 Å². The van der Waals surface area contributed by atoms with Gasteiger partial charge in [0.25, 0.3) is 0 Å². The Morgan fingerprint density at radius 2 is 2.15 bits per heavy atom. The second kappa shape index (κ2) is 10.3. The van der Waals surface area contributed by atoms with Crippen molar-refractivity contribution in [1.29, 1.82) is 0 Å². The van der Waals surface area contributed by atoms with Crippen molar-refractivity contribution in [1.82, 2.24) is 20.7 Å². The average Bonchev–Trinajstić information content (AvgIpc) is 2.96. The highest BCUT2D eigenvalue weighted by atomic mass is 16.5. The molecule has 1 amide bonds. The topological polar surface area (TPSA) is 115 Å². The third-order valence-electron chi connectivity index (χ3n) is 2.75. The monoisotopic (exact) mass is 285 g/mol. The molecule has 0 fully saturated rings. The molecule has 0 saturated carbocycles. The summed E-state index contributed by atoms with van der Waals surface area (Å²) in [6.45, 7) is 1.77. The maximum absolute atomic E-state index is 10.9. The van der Waals surface area contributed by atoms with Crippen molar-refractivity contribution in [2.24, 2.45) is 5.73 Å². The molecule has 8 nitrogen and oxygen atoms in total. The molecule has 0 radical (unpaired) electrons. The Labute approximate surface area is 118 Å². The summed E-state index contributed by atoms with van der Waals surface area (Å²) >= 11 is 0. The lowest BCUT2D eigenvalue weighted by molar-refractivity contribution is -0.125. The largest absolute Gasteiger partial charge is 0.381 e. The first-order valence-corrected chi connectivity index (χ1v) is 6.69. The van der Waals surface area contributed by atoms with E-state index in [0.717, 1.165) is 18.5 Å². The van der Waals surface area contributed by atoms with E-state index < -0.39 is 0 Å². The number of rotatable bonds is 11. The van der Waals surface area contributed by atoms with Gasteiger partial charge in [0.2, 0.25) is 5.91 Å². The molecule has 1 aromatic heterocycles. The summed E-state index contributed by atoms with van der Waals surface area (Å²) in [6.07, 6.45) is 3.96. The smallest absolute Gasteiger partial charge is 0.245 e. The van der Waals surface area contributed by atoms with Crippen LogP contribution in [0.4, 0.5) is 0 Å². The zero-order valence-corrected chi connectivity index (χ0v) is 11.8. The van der Waals surface area contributed by atoms with Crippen LogP contribution in [0.3, 0.4) is 0 Å². The molecule has 0 bridgehead atoms. The summed E-state index contributed by atoms with van der Waals surface area (Å²) in [5.41, 5.74) is 6.80. The fraction of sp³-hybridized carbons (Fsp3) is 0.750. The minimum absolute atomic E-state index is 0.0201. The van der Waals surface area contributed by atoms with Gasteiger partial charge >= 0.3 is 0 Å². The maximum atomic E-state index is 10.9. The molecule has 1 atom stereocenters. The van der Waals surface area contributed by atoms with Crippen molar-refractivity contribution in [3.8, 4) is 0 Å².